The van der Waals surface area contributed by atoms with Gasteiger partial charge in [-0.3, -0.25) is 0 Å². The van der Waals surface area contributed by atoms with Gasteiger partial charge in [-0.1, -0.05) is 6.07 Å². The van der Waals surface area contributed by atoms with Gasteiger partial charge in [0.05, 0.1) is 17.8 Å². The lowest BCUT2D eigenvalue weighted by Gasteiger charge is -2.19. The number of hydrogen-bond donors (Lipinski definition) is 1. The van der Waals surface area contributed by atoms with Crippen molar-refractivity contribution in [3.63, 3.8) is 0 Å². The van der Waals surface area contributed by atoms with Crippen LogP contribution in [0.2, 0.25) is 0 Å². The third-order valence-electron chi connectivity index (χ3n) is 3.64. The van der Waals surface area contributed by atoms with Crippen LogP contribution in [0.15, 0.2) is 30.6 Å². The van der Waals surface area contributed by atoms with E-state index in [1.165, 1.54) is 23.9 Å². The summed E-state index contributed by atoms with van der Waals surface area (Å²) >= 11 is 0. The van der Waals surface area contributed by atoms with Gasteiger partial charge in [0.1, 0.15) is 0 Å². The Kier molecular flexibility index (Phi) is 3.30. The number of hydrogen-bond acceptors (Lipinski definition) is 3. The molecule has 0 amide bonds. The van der Waals surface area contributed by atoms with Gasteiger partial charge in [-0.15, -0.1) is 0 Å². The van der Waals surface area contributed by atoms with Gasteiger partial charge in [0.2, 0.25) is 0 Å². The molecule has 0 saturated carbocycles. The quantitative estimate of drug-likeness (QED) is 0.895. The molecule has 0 aromatic carbocycles. The minimum atomic E-state index is 0.367. The number of nitrogens with one attached hydrogen (secondary N) is 1. The number of fused-ring (bicyclic) bond motifs is 1. The maximum Gasteiger partial charge on any atom is 0.0726 e. The van der Waals surface area contributed by atoms with Crippen molar-refractivity contribution >= 4 is 5.52 Å². The predicted octanol–water partition coefficient (Wildman–Crippen LogP) is 1.99. The molecule has 96 valence electrons. The van der Waals surface area contributed by atoms with Crippen molar-refractivity contribution < 1.29 is 4.74 Å². The number of pyridine rings is 1. The molecule has 2 unspecified atom stereocenters. The normalized spacial score (nSPS) is 21.5. The summed E-state index contributed by atoms with van der Waals surface area (Å²) in [5, 5.41) is 7.88. The molecule has 2 atom stereocenters. The molecule has 18 heavy (non-hydrogen) atoms. The summed E-state index contributed by atoms with van der Waals surface area (Å²) < 4.78 is 7.60. The molecule has 1 saturated heterocycles. The fourth-order valence-electron chi connectivity index (χ4n) is 2.52. The summed E-state index contributed by atoms with van der Waals surface area (Å²) in [7, 11) is 0. The fraction of sp³-hybridized carbons (Fsp3) is 0.500. The summed E-state index contributed by atoms with van der Waals surface area (Å²) in [4.78, 5) is 0. The second-order valence-corrected chi connectivity index (χ2v) is 4.92. The van der Waals surface area contributed by atoms with Crippen molar-refractivity contribution in [2.45, 2.75) is 38.5 Å². The summed E-state index contributed by atoms with van der Waals surface area (Å²) in [6.07, 6.45) is 6.63. The smallest absolute Gasteiger partial charge is 0.0726 e. The van der Waals surface area contributed by atoms with E-state index >= 15 is 0 Å². The van der Waals surface area contributed by atoms with E-state index in [9.17, 15) is 0 Å². The van der Waals surface area contributed by atoms with Crippen molar-refractivity contribution in [3.8, 4) is 0 Å². The molecule has 0 aliphatic carbocycles. The Morgan fingerprint density at radius 1 is 1.56 bits per heavy atom. The first-order chi connectivity index (χ1) is 8.84. The van der Waals surface area contributed by atoms with Crippen LogP contribution >= 0.6 is 0 Å². The number of nitrogens with zero attached hydrogens (tertiary/aromatic N) is 2. The molecule has 1 aliphatic rings. The minimum absolute atomic E-state index is 0.367. The monoisotopic (exact) mass is 245 g/mol. The van der Waals surface area contributed by atoms with Gasteiger partial charge in [-0.25, -0.2) is 4.52 Å². The maximum atomic E-state index is 5.69. The number of ether oxygens (including phenoxy) is 1. The van der Waals surface area contributed by atoms with Gasteiger partial charge in [0.15, 0.2) is 0 Å². The predicted molar refractivity (Wildman–Crippen MR) is 70.5 cm³/mol. The highest BCUT2D eigenvalue weighted by Crippen LogP contribution is 2.16. The lowest BCUT2D eigenvalue weighted by atomic mass is 10.1. The Balaban J connectivity index is 1.65. The van der Waals surface area contributed by atoms with Crippen molar-refractivity contribution in [2.24, 2.45) is 0 Å². The van der Waals surface area contributed by atoms with Crippen molar-refractivity contribution in [1.29, 1.82) is 0 Å². The Morgan fingerprint density at radius 2 is 2.50 bits per heavy atom. The van der Waals surface area contributed by atoms with E-state index in [1.807, 2.05) is 29.0 Å². The van der Waals surface area contributed by atoms with E-state index in [4.69, 9.17) is 4.74 Å². The zero-order valence-electron chi connectivity index (χ0n) is 10.7. The van der Waals surface area contributed by atoms with Crippen LogP contribution in [0, 0.1) is 0 Å². The molecule has 0 bridgehead atoms. The molecule has 1 N–H and O–H groups in total. The van der Waals surface area contributed by atoms with E-state index < -0.39 is 0 Å². The SMILES string of the molecule is CC(NCc1cnn2ccccc12)C1CCCO1. The van der Waals surface area contributed by atoms with Gasteiger partial charge < -0.3 is 10.1 Å². The van der Waals surface area contributed by atoms with Crippen molar-refractivity contribution in [2.75, 3.05) is 6.61 Å². The summed E-state index contributed by atoms with van der Waals surface area (Å²) in [6.45, 7) is 3.95. The highest BCUT2D eigenvalue weighted by atomic mass is 16.5. The molecule has 1 aliphatic heterocycles. The molecule has 0 radical (unpaired) electrons. The van der Waals surface area contributed by atoms with E-state index in [0.29, 0.717) is 12.1 Å². The van der Waals surface area contributed by atoms with E-state index in [1.54, 1.807) is 0 Å². The van der Waals surface area contributed by atoms with E-state index in [0.717, 1.165) is 13.2 Å². The van der Waals surface area contributed by atoms with Crippen LogP contribution in [0.5, 0.6) is 0 Å². The van der Waals surface area contributed by atoms with Crippen LogP contribution in [0.4, 0.5) is 0 Å². The van der Waals surface area contributed by atoms with Crippen LogP contribution in [0.3, 0.4) is 0 Å². The average molecular weight is 245 g/mol. The molecule has 0 spiro atoms. The highest BCUT2D eigenvalue weighted by molar-refractivity contribution is 5.53. The minimum Gasteiger partial charge on any atom is -0.377 e. The largest absolute Gasteiger partial charge is 0.377 e. The first-order valence-electron chi connectivity index (χ1n) is 6.61. The second kappa shape index (κ2) is 5.08. The van der Waals surface area contributed by atoms with E-state index in [-0.39, 0.29) is 0 Å². The lowest BCUT2D eigenvalue weighted by molar-refractivity contribution is 0.0832. The molecule has 4 nitrogen and oxygen atoms in total. The lowest BCUT2D eigenvalue weighted by Crippen LogP contribution is -2.36. The van der Waals surface area contributed by atoms with Gasteiger partial charge in [-0.05, 0) is 31.9 Å². The Hall–Kier alpha value is -1.39. The molecule has 4 heteroatoms. The maximum absolute atomic E-state index is 5.69. The van der Waals surface area contributed by atoms with Gasteiger partial charge in [0.25, 0.3) is 0 Å². The van der Waals surface area contributed by atoms with Crippen LogP contribution in [0.1, 0.15) is 25.3 Å². The number of aromatic nitrogens is 2. The number of rotatable bonds is 4. The third kappa shape index (κ3) is 2.26. The topological polar surface area (TPSA) is 38.6 Å². The molecule has 2 aromatic rings. The second-order valence-electron chi connectivity index (χ2n) is 4.92. The van der Waals surface area contributed by atoms with Crippen molar-refractivity contribution in [1.82, 2.24) is 14.9 Å². The Labute approximate surface area is 107 Å². The van der Waals surface area contributed by atoms with Crippen molar-refractivity contribution in [3.05, 3.63) is 36.2 Å². The van der Waals surface area contributed by atoms with Crippen LogP contribution < -0.4 is 5.32 Å². The Bertz CT molecular complexity index is 516. The van der Waals surface area contributed by atoms with Gasteiger partial charge in [-0.2, -0.15) is 5.10 Å². The molecule has 3 rings (SSSR count). The molecule has 2 aromatic heterocycles. The van der Waals surface area contributed by atoms with Crippen LogP contribution in [-0.2, 0) is 11.3 Å². The zero-order valence-corrected chi connectivity index (χ0v) is 10.7. The Morgan fingerprint density at radius 3 is 3.33 bits per heavy atom. The molecule has 3 heterocycles. The summed E-state index contributed by atoms with van der Waals surface area (Å²) in [6, 6.07) is 6.53. The van der Waals surface area contributed by atoms with Gasteiger partial charge >= 0.3 is 0 Å². The highest BCUT2D eigenvalue weighted by Gasteiger charge is 2.21. The third-order valence-corrected chi connectivity index (χ3v) is 3.64. The molecular weight excluding hydrogens is 226 g/mol. The van der Waals surface area contributed by atoms with Crippen LogP contribution in [0.25, 0.3) is 5.52 Å². The average Bonchev–Trinajstić information content (AvgIpc) is 3.06. The van der Waals surface area contributed by atoms with Gasteiger partial charge in [0, 0.05) is 31.0 Å². The fourth-order valence-corrected chi connectivity index (χ4v) is 2.52. The standard InChI is InChI=1S/C14H19N3O/c1-11(14-6-4-8-18-14)15-9-12-10-16-17-7-3-2-5-13(12)17/h2-3,5,7,10-11,14-15H,4,6,8-9H2,1H3. The summed E-state index contributed by atoms with van der Waals surface area (Å²) in [5.74, 6) is 0. The molecule has 1 fully saturated rings. The summed E-state index contributed by atoms with van der Waals surface area (Å²) in [5.41, 5.74) is 2.41. The first-order valence-corrected chi connectivity index (χ1v) is 6.61. The zero-order chi connectivity index (χ0) is 12.4. The first kappa shape index (κ1) is 11.7. The molecular formula is C14H19N3O. The van der Waals surface area contributed by atoms with Crippen LogP contribution in [-0.4, -0.2) is 28.4 Å². The van der Waals surface area contributed by atoms with E-state index in [2.05, 4.69) is 23.4 Å².